The van der Waals surface area contributed by atoms with Crippen LogP contribution in [0, 0.1) is 0 Å². The van der Waals surface area contributed by atoms with Gasteiger partial charge in [0.2, 0.25) is 0 Å². The Morgan fingerprint density at radius 1 is 1.14 bits per heavy atom. The van der Waals surface area contributed by atoms with Gasteiger partial charge in [0.1, 0.15) is 6.04 Å². The lowest BCUT2D eigenvalue weighted by Gasteiger charge is -2.26. The molecule has 0 radical (unpaired) electrons. The number of ether oxygens (including phenoxy) is 3. The highest BCUT2D eigenvalue weighted by Crippen LogP contribution is 2.40. The number of rotatable bonds is 8. The van der Waals surface area contributed by atoms with Crippen LogP contribution in [-0.4, -0.2) is 45.0 Å². The molecule has 37 heavy (non-hydrogen) atoms. The average molecular weight is 522 g/mol. The van der Waals surface area contributed by atoms with Gasteiger partial charge in [-0.1, -0.05) is 35.6 Å². The maximum Gasteiger partial charge on any atom is 0.338 e. The normalized spacial score (nSPS) is 15.2. The molecule has 1 aromatic heterocycles. The Balaban J connectivity index is 1.97. The van der Waals surface area contributed by atoms with Crippen molar-refractivity contribution in [1.82, 2.24) is 4.57 Å². The topological polar surface area (TPSA) is 82.4 Å². The van der Waals surface area contributed by atoms with E-state index >= 15 is 0 Å². The van der Waals surface area contributed by atoms with E-state index < -0.39 is 12.0 Å². The molecule has 0 amide bonds. The Morgan fingerprint density at radius 2 is 1.86 bits per heavy atom. The summed E-state index contributed by atoms with van der Waals surface area (Å²) < 4.78 is 19.0. The zero-order valence-corrected chi connectivity index (χ0v) is 22.7. The summed E-state index contributed by atoms with van der Waals surface area (Å²) in [4.78, 5) is 34.2. The molecule has 0 unspecified atom stereocenters. The highest BCUT2D eigenvalue weighted by Gasteiger charge is 2.35. The Morgan fingerprint density at radius 3 is 2.49 bits per heavy atom. The molecule has 0 aliphatic carbocycles. The lowest BCUT2D eigenvalue weighted by molar-refractivity contribution is -0.139. The van der Waals surface area contributed by atoms with E-state index in [1.54, 1.807) is 31.6 Å². The second-order valence-electron chi connectivity index (χ2n) is 8.60. The van der Waals surface area contributed by atoms with E-state index in [9.17, 15) is 9.59 Å². The van der Waals surface area contributed by atoms with Gasteiger partial charge in [-0.2, -0.15) is 0 Å². The van der Waals surface area contributed by atoms with Crippen molar-refractivity contribution in [3.63, 3.8) is 0 Å². The molecule has 3 aromatic rings. The number of methoxy groups -OCH3 is 1. The number of esters is 1. The molecule has 1 aliphatic heterocycles. The summed E-state index contributed by atoms with van der Waals surface area (Å²) in [6.45, 7) is 5.96. The average Bonchev–Trinajstić information content (AvgIpc) is 3.18. The SMILES string of the molecule is CCOC(=O)C1=C(C)N=c2s/c(=C\c3ccc(N(C)C)cc3)c(=O)n2[C@@H]1c1cccc(OC)c1OCC. The quantitative estimate of drug-likeness (QED) is 0.423. The number of thiazole rings is 1. The van der Waals surface area contributed by atoms with E-state index in [1.165, 1.54) is 11.3 Å². The van der Waals surface area contributed by atoms with Crippen LogP contribution in [0.15, 0.2) is 63.5 Å². The van der Waals surface area contributed by atoms with Gasteiger partial charge in [0.25, 0.3) is 5.56 Å². The zero-order valence-electron chi connectivity index (χ0n) is 21.9. The first-order chi connectivity index (χ1) is 17.8. The molecule has 1 atom stereocenters. The van der Waals surface area contributed by atoms with Gasteiger partial charge in [0.15, 0.2) is 16.3 Å². The number of carbonyl (C=O) groups excluding carboxylic acids is 1. The Labute approximate surface area is 219 Å². The van der Waals surface area contributed by atoms with Gasteiger partial charge in [-0.15, -0.1) is 0 Å². The summed E-state index contributed by atoms with van der Waals surface area (Å²) in [6, 6.07) is 12.6. The van der Waals surface area contributed by atoms with Crippen molar-refractivity contribution in [3.05, 3.63) is 84.5 Å². The van der Waals surface area contributed by atoms with Crippen molar-refractivity contribution in [2.75, 3.05) is 39.3 Å². The molecule has 0 N–H and O–H groups in total. The van der Waals surface area contributed by atoms with Crippen LogP contribution >= 0.6 is 11.3 Å². The van der Waals surface area contributed by atoms with Gasteiger partial charge < -0.3 is 19.1 Å². The highest BCUT2D eigenvalue weighted by atomic mass is 32.1. The van der Waals surface area contributed by atoms with Crippen molar-refractivity contribution in [3.8, 4) is 11.5 Å². The Bertz CT molecular complexity index is 1520. The fourth-order valence-corrected chi connectivity index (χ4v) is 5.36. The molecule has 0 bridgehead atoms. The standard InChI is InChI=1S/C28H31N3O5S/c1-7-35-25-20(10-9-11-21(25)34-6)24-23(27(33)36-8-2)17(3)29-28-31(24)26(32)22(37-28)16-18-12-14-19(15-13-18)30(4)5/h9-16,24H,7-8H2,1-6H3/b22-16-/t24-/m1/s1. The molecule has 4 rings (SSSR count). The van der Waals surface area contributed by atoms with Gasteiger partial charge in [0.05, 0.1) is 36.1 Å². The number of nitrogens with zero attached hydrogens (tertiary/aromatic N) is 3. The zero-order chi connectivity index (χ0) is 26.7. The van der Waals surface area contributed by atoms with Gasteiger partial charge in [-0.3, -0.25) is 9.36 Å². The van der Waals surface area contributed by atoms with Crippen molar-refractivity contribution in [2.24, 2.45) is 4.99 Å². The smallest absolute Gasteiger partial charge is 0.338 e. The van der Waals surface area contributed by atoms with Crippen LogP contribution in [0.2, 0.25) is 0 Å². The van der Waals surface area contributed by atoms with Crippen LogP contribution in [0.25, 0.3) is 6.08 Å². The second-order valence-corrected chi connectivity index (χ2v) is 9.61. The highest BCUT2D eigenvalue weighted by molar-refractivity contribution is 7.07. The number of allylic oxidation sites excluding steroid dienone is 1. The lowest BCUT2D eigenvalue weighted by Crippen LogP contribution is -2.40. The summed E-state index contributed by atoms with van der Waals surface area (Å²) in [5.41, 5.74) is 3.13. The molecular formula is C28H31N3O5S. The summed E-state index contributed by atoms with van der Waals surface area (Å²) in [6.07, 6.45) is 1.85. The molecule has 0 fully saturated rings. The van der Waals surface area contributed by atoms with Crippen LogP contribution in [0.3, 0.4) is 0 Å². The number of anilines is 1. The van der Waals surface area contributed by atoms with E-state index in [1.807, 2.05) is 68.4 Å². The molecule has 1 aliphatic rings. The van der Waals surface area contributed by atoms with E-state index in [0.717, 1.165) is 11.3 Å². The third-order valence-electron chi connectivity index (χ3n) is 6.04. The first-order valence-electron chi connectivity index (χ1n) is 12.1. The van der Waals surface area contributed by atoms with E-state index in [-0.39, 0.29) is 12.2 Å². The van der Waals surface area contributed by atoms with E-state index in [4.69, 9.17) is 14.2 Å². The largest absolute Gasteiger partial charge is 0.493 e. The van der Waals surface area contributed by atoms with Gasteiger partial charge in [-0.25, -0.2) is 9.79 Å². The summed E-state index contributed by atoms with van der Waals surface area (Å²) >= 11 is 1.29. The van der Waals surface area contributed by atoms with Crippen molar-refractivity contribution >= 4 is 29.1 Å². The predicted octanol–water partition coefficient (Wildman–Crippen LogP) is 3.27. The number of fused-ring (bicyclic) bond motifs is 1. The number of benzene rings is 2. The molecular weight excluding hydrogens is 490 g/mol. The minimum absolute atomic E-state index is 0.201. The number of hydrogen-bond acceptors (Lipinski definition) is 8. The fourth-order valence-electron chi connectivity index (χ4n) is 4.31. The molecule has 0 spiro atoms. The van der Waals surface area contributed by atoms with Crippen LogP contribution in [0.1, 0.15) is 37.9 Å². The maximum atomic E-state index is 13.9. The third kappa shape index (κ3) is 5.04. The first kappa shape index (κ1) is 26.2. The molecule has 2 aromatic carbocycles. The van der Waals surface area contributed by atoms with Gasteiger partial charge in [0, 0.05) is 25.3 Å². The minimum atomic E-state index is -0.787. The van der Waals surface area contributed by atoms with Crippen molar-refractivity contribution in [2.45, 2.75) is 26.8 Å². The molecule has 9 heteroatoms. The number of carbonyl (C=O) groups is 1. The lowest BCUT2D eigenvalue weighted by atomic mass is 9.94. The first-order valence-corrected chi connectivity index (χ1v) is 12.9. The van der Waals surface area contributed by atoms with Crippen molar-refractivity contribution < 1.29 is 19.0 Å². The Hall–Kier alpha value is -3.85. The minimum Gasteiger partial charge on any atom is -0.493 e. The molecule has 0 saturated carbocycles. The summed E-state index contributed by atoms with van der Waals surface area (Å²) in [7, 11) is 5.51. The molecule has 194 valence electrons. The molecule has 0 saturated heterocycles. The maximum absolute atomic E-state index is 13.9. The summed E-state index contributed by atoms with van der Waals surface area (Å²) in [5, 5.41) is 0. The molecule has 2 heterocycles. The van der Waals surface area contributed by atoms with Gasteiger partial charge in [-0.05, 0) is 50.6 Å². The second kappa shape index (κ2) is 11.0. The van der Waals surface area contributed by atoms with Gasteiger partial charge >= 0.3 is 5.97 Å². The Kier molecular flexibility index (Phi) is 7.83. The number of hydrogen-bond donors (Lipinski definition) is 0. The van der Waals surface area contributed by atoms with Crippen molar-refractivity contribution in [1.29, 1.82) is 0 Å². The van der Waals surface area contributed by atoms with E-state index in [2.05, 4.69) is 4.99 Å². The van der Waals surface area contributed by atoms with Crippen LogP contribution in [-0.2, 0) is 9.53 Å². The predicted molar refractivity (Wildman–Crippen MR) is 145 cm³/mol. The number of aromatic nitrogens is 1. The summed E-state index contributed by atoms with van der Waals surface area (Å²) in [5.74, 6) is 0.468. The van der Waals surface area contributed by atoms with Crippen LogP contribution in [0.5, 0.6) is 11.5 Å². The third-order valence-corrected chi connectivity index (χ3v) is 7.02. The van der Waals surface area contributed by atoms with E-state index in [0.29, 0.717) is 44.3 Å². The van der Waals surface area contributed by atoms with Crippen LogP contribution in [0.4, 0.5) is 5.69 Å². The fraction of sp³-hybridized carbons (Fsp3) is 0.321. The monoisotopic (exact) mass is 521 g/mol. The molecule has 8 nitrogen and oxygen atoms in total. The van der Waals surface area contributed by atoms with Crippen LogP contribution < -0.4 is 29.3 Å². The number of para-hydroxylation sites is 1.